The number of likely N-dealkylation sites (tertiary alicyclic amines) is 1. The topological polar surface area (TPSA) is 15.3 Å². The maximum Gasteiger partial charge on any atom is 0.0409 e. The fraction of sp³-hybridized carbons (Fsp3) is 0.625. The largest absolute Gasteiger partial charge is 0.314 e. The molecule has 3 rings (SSSR count). The Morgan fingerprint density at radius 2 is 1.95 bits per heavy atom. The summed E-state index contributed by atoms with van der Waals surface area (Å²) in [6.45, 7) is 4.69. The molecule has 0 atom stereocenters. The third-order valence-electron chi connectivity index (χ3n) is 4.27. The Balaban J connectivity index is 1.42. The van der Waals surface area contributed by atoms with Crippen LogP contribution < -0.4 is 5.32 Å². The van der Waals surface area contributed by atoms with Gasteiger partial charge in [0.05, 0.1) is 0 Å². The molecule has 1 heterocycles. The van der Waals surface area contributed by atoms with Gasteiger partial charge in [-0.05, 0) is 68.9 Å². The van der Waals surface area contributed by atoms with E-state index < -0.39 is 0 Å². The van der Waals surface area contributed by atoms with Crippen LogP contribution in [0.5, 0.6) is 0 Å². The molecule has 0 radical (unpaired) electrons. The zero-order valence-electron chi connectivity index (χ0n) is 11.4. The van der Waals surface area contributed by atoms with Crippen molar-refractivity contribution in [3.05, 3.63) is 34.9 Å². The van der Waals surface area contributed by atoms with Crippen LogP contribution in [0, 0.1) is 5.92 Å². The predicted molar refractivity (Wildman–Crippen MR) is 80.5 cm³/mol. The van der Waals surface area contributed by atoms with E-state index in [1.165, 1.54) is 50.9 Å². The first-order valence-corrected chi connectivity index (χ1v) is 7.87. The van der Waals surface area contributed by atoms with Crippen molar-refractivity contribution in [3.63, 3.8) is 0 Å². The Morgan fingerprint density at radius 1 is 1.16 bits per heavy atom. The normalized spacial score (nSPS) is 21.7. The van der Waals surface area contributed by atoms with Crippen molar-refractivity contribution in [1.29, 1.82) is 0 Å². The molecule has 0 aromatic heterocycles. The van der Waals surface area contributed by atoms with Gasteiger partial charge in [0.2, 0.25) is 0 Å². The SMILES string of the molecule is Clc1cccc(CN2CCC(NCC3CC3)CC2)c1. The van der Waals surface area contributed by atoms with Gasteiger partial charge in [-0.15, -0.1) is 0 Å². The van der Waals surface area contributed by atoms with E-state index in [-0.39, 0.29) is 0 Å². The van der Waals surface area contributed by atoms with E-state index in [1.54, 1.807) is 0 Å². The first kappa shape index (κ1) is 13.4. The first-order chi connectivity index (χ1) is 9.29. The van der Waals surface area contributed by atoms with Gasteiger partial charge >= 0.3 is 0 Å². The van der Waals surface area contributed by atoms with Gasteiger partial charge in [0, 0.05) is 17.6 Å². The van der Waals surface area contributed by atoms with Crippen molar-refractivity contribution in [2.45, 2.75) is 38.3 Å². The van der Waals surface area contributed by atoms with Crippen LogP contribution in [-0.4, -0.2) is 30.6 Å². The zero-order chi connectivity index (χ0) is 13.1. The quantitative estimate of drug-likeness (QED) is 0.889. The molecular formula is C16H23ClN2. The molecule has 2 aliphatic rings. The minimum Gasteiger partial charge on any atom is -0.314 e. The molecule has 0 spiro atoms. The average molecular weight is 279 g/mol. The molecule has 1 aliphatic carbocycles. The Morgan fingerprint density at radius 3 is 2.63 bits per heavy atom. The van der Waals surface area contributed by atoms with Crippen LogP contribution in [0.1, 0.15) is 31.2 Å². The van der Waals surface area contributed by atoms with E-state index in [9.17, 15) is 0 Å². The summed E-state index contributed by atoms with van der Waals surface area (Å²) in [4.78, 5) is 2.54. The number of halogens is 1. The second kappa shape index (κ2) is 6.25. The van der Waals surface area contributed by atoms with Crippen LogP contribution in [0.2, 0.25) is 5.02 Å². The number of hydrogen-bond acceptors (Lipinski definition) is 2. The number of nitrogens with zero attached hydrogens (tertiary/aromatic N) is 1. The van der Waals surface area contributed by atoms with Crippen molar-refractivity contribution in [3.8, 4) is 0 Å². The number of rotatable bonds is 5. The lowest BCUT2D eigenvalue weighted by atomic mass is 10.0. The Labute approximate surface area is 121 Å². The number of piperidine rings is 1. The Bertz CT molecular complexity index is 409. The second-order valence-electron chi connectivity index (χ2n) is 6.03. The molecule has 1 saturated heterocycles. The van der Waals surface area contributed by atoms with Gasteiger partial charge in [0.25, 0.3) is 0 Å². The van der Waals surface area contributed by atoms with Crippen molar-refractivity contribution in [2.75, 3.05) is 19.6 Å². The molecule has 1 aromatic carbocycles. The van der Waals surface area contributed by atoms with Crippen molar-refractivity contribution in [1.82, 2.24) is 10.2 Å². The van der Waals surface area contributed by atoms with Gasteiger partial charge in [-0.25, -0.2) is 0 Å². The molecule has 0 unspecified atom stereocenters. The summed E-state index contributed by atoms with van der Waals surface area (Å²) in [6.07, 6.45) is 5.46. The molecule has 3 heteroatoms. The molecule has 1 N–H and O–H groups in total. The molecule has 2 fully saturated rings. The van der Waals surface area contributed by atoms with E-state index in [1.807, 2.05) is 12.1 Å². The molecule has 0 amide bonds. The van der Waals surface area contributed by atoms with Crippen molar-refractivity contribution in [2.24, 2.45) is 5.92 Å². The first-order valence-electron chi connectivity index (χ1n) is 7.50. The third-order valence-corrected chi connectivity index (χ3v) is 4.51. The molecule has 1 saturated carbocycles. The molecule has 19 heavy (non-hydrogen) atoms. The van der Waals surface area contributed by atoms with Gasteiger partial charge < -0.3 is 5.32 Å². The highest BCUT2D eigenvalue weighted by atomic mass is 35.5. The highest BCUT2D eigenvalue weighted by molar-refractivity contribution is 6.30. The van der Waals surface area contributed by atoms with Crippen LogP contribution in [0.3, 0.4) is 0 Å². The summed E-state index contributed by atoms with van der Waals surface area (Å²) in [5.74, 6) is 0.990. The van der Waals surface area contributed by atoms with Crippen LogP contribution in [0.25, 0.3) is 0 Å². The molecule has 0 bridgehead atoms. The summed E-state index contributed by atoms with van der Waals surface area (Å²) in [5, 5.41) is 4.58. The zero-order valence-corrected chi connectivity index (χ0v) is 12.2. The lowest BCUT2D eigenvalue weighted by molar-refractivity contribution is 0.190. The van der Waals surface area contributed by atoms with E-state index in [2.05, 4.69) is 22.3 Å². The maximum absolute atomic E-state index is 6.03. The lowest BCUT2D eigenvalue weighted by Gasteiger charge is -2.32. The van der Waals surface area contributed by atoms with Crippen LogP contribution >= 0.6 is 11.6 Å². The van der Waals surface area contributed by atoms with Gasteiger partial charge in [0.1, 0.15) is 0 Å². The summed E-state index contributed by atoms with van der Waals surface area (Å²) in [7, 11) is 0. The van der Waals surface area contributed by atoms with E-state index in [4.69, 9.17) is 11.6 Å². The Hall–Kier alpha value is -0.570. The fourth-order valence-electron chi connectivity index (χ4n) is 2.84. The maximum atomic E-state index is 6.03. The number of nitrogens with one attached hydrogen (secondary N) is 1. The van der Waals surface area contributed by atoms with Crippen molar-refractivity contribution < 1.29 is 0 Å². The average Bonchev–Trinajstić information content (AvgIpc) is 3.22. The van der Waals surface area contributed by atoms with Gasteiger partial charge in [-0.2, -0.15) is 0 Å². The highest BCUT2D eigenvalue weighted by Crippen LogP contribution is 2.28. The predicted octanol–water partition coefficient (Wildman–Crippen LogP) is 3.30. The summed E-state index contributed by atoms with van der Waals surface area (Å²) in [5.41, 5.74) is 1.33. The van der Waals surface area contributed by atoms with Gasteiger partial charge in [-0.3, -0.25) is 4.90 Å². The van der Waals surface area contributed by atoms with Crippen LogP contribution in [0.4, 0.5) is 0 Å². The molecule has 1 aromatic rings. The minimum atomic E-state index is 0.746. The minimum absolute atomic E-state index is 0.746. The van der Waals surface area contributed by atoms with Crippen molar-refractivity contribution >= 4 is 11.6 Å². The van der Waals surface area contributed by atoms with Crippen LogP contribution in [0.15, 0.2) is 24.3 Å². The van der Waals surface area contributed by atoms with E-state index >= 15 is 0 Å². The standard InChI is InChI=1S/C16H23ClN2/c17-15-3-1-2-14(10-15)12-19-8-6-16(7-9-19)18-11-13-4-5-13/h1-3,10,13,16,18H,4-9,11-12H2. The molecular weight excluding hydrogens is 256 g/mol. The fourth-order valence-corrected chi connectivity index (χ4v) is 3.06. The molecule has 104 valence electrons. The van der Waals surface area contributed by atoms with E-state index in [0.29, 0.717) is 0 Å². The number of hydrogen-bond donors (Lipinski definition) is 1. The number of benzene rings is 1. The second-order valence-corrected chi connectivity index (χ2v) is 6.47. The Kier molecular flexibility index (Phi) is 4.42. The van der Waals surface area contributed by atoms with Crippen LogP contribution in [-0.2, 0) is 6.54 Å². The molecule has 2 nitrogen and oxygen atoms in total. The van der Waals surface area contributed by atoms with Gasteiger partial charge in [0.15, 0.2) is 0 Å². The van der Waals surface area contributed by atoms with E-state index in [0.717, 1.165) is 23.5 Å². The lowest BCUT2D eigenvalue weighted by Crippen LogP contribution is -2.42. The summed E-state index contributed by atoms with van der Waals surface area (Å²) < 4.78 is 0. The highest BCUT2D eigenvalue weighted by Gasteiger charge is 2.24. The summed E-state index contributed by atoms with van der Waals surface area (Å²) >= 11 is 6.03. The third kappa shape index (κ3) is 4.20. The smallest absolute Gasteiger partial charge is 0.0409 e. The molecule has 1 aliphatic heterocycles. The van der Waals surface area contributed by atoms with Gasteiger partial charge in [-0.1, -0.05) is 23.7 Å². The summed E-state index contributed by atoms with van der Waals surface area (Å²) in [6, 6.07) is 8.99. The monoisotopic (exact) mass is 278 g/mol.